The van der Waals surface area contributed by atoms with Crippen molar-refractivity contribution in [2.24, 2.45) is 34.5 Å². The van der Waals surface area contributed by atoms with Crippen LogP contribution in [0.1, 0.15) is 59.3 Å². The van der Waals surface area contributed by atoms with E-state index in [4.69, 9.17) is 0 Å². The van der Waals surface area contributed by atoms with Crippen molar-refractivity contribution in [2.75, 3.05) is 0 Å². The van der Waals surface area contributed by atoms with Crippen LogP contribution in [0.2, 0.25) is 0 Å². The van der Waals surface area contributed by atoms with E-state index in [1.807, 2.05) is 13.0 Å². The highest BCUT2D eigenvalue weighted by Gasteiger charge is 2.58. The van der Waals surface area contributed by atoms with E-state index in [-0.39, 0.29) is 17.3 Å². The third-order valence-electron chi connectivity index (χ3n) is 8.21. The number of aliphatic hydroxyl groups is 1. The van der Waals surface area contributed by atoms with Gasteiger partial charge in [-0.05, 0) is 86.7 Å². The topological polar surface area (TPSA) is 37.3 Å². The van der Waals surface area contributed by atoms with Crippen molar-refractivity contribution >= 4 is 5.78 Å². The molecule has 0 aliphatic heterocycles. The fourth-order valence-corrected chi connectivity index (χ4v) is 7.03. The summed E-state index contributed by atoms with van der Waals surface area (Å²) in [6.07, 6.45) is 13.0. The molecular formula is C21H30O2. The van der Waals surface area contributed by atoms with E-state index in [0.29, 0.717) is 17.3 Å². The standard InChI is InChI=1S/C21H30O2/c1-13(22)17-6-7-18-16-5-4-14-12-15(23)8-10-20(14,2)19(16)9-11-21(17,18)3/h8,10,12-13,16-19,22H,4-7,9,11H2,1-3H3/t13?,16-,17+,18-,19+,20+,21+/m0/s1. The summed E-state index contributed by atoms with van der Waals surface area (Å²) in [6.45, 7) is 6.80. The molecule has 0 spiro atoms. The molecule has 2 heteroatoms. The lowest BCUT2D eigenvalue weighted by atomic mass is 9.47. The van der Waals surface area contributed by atoms with Gasteiger partial charge in [0.15, 0.2) is 5.78 Å². The van der Waals surface area contributed by atoms with Crippen LogP contribution >= 0.6 is 0 Å². The van der Waals surface area contributed by atoms with Crippen LogP contribution in [0.3, 0.4) is 0 Å². The Hall–Kier alpha value is -0.890. The second kappa shape index (κ2) is 5.05. The largest absolute Gasteiger partial charge is 0.393 e. The summed E-state index contributed by atoms with van der Waals surface area (Å²) < 4.78 is 0. The molecule has 0 radical (unpaired) electrons. The van der Waals surface area contributed by atoms with Gasteiger partial charge in [-0.1, -0.05) is 25.5 Å². The maximum Gasteiger partial charge on any atom is 0.178 e. The minimum atomic E-state index is -0.177. The van der Waals surface area contributed by atoms with Crippen molar-refractivity contribution in [3.63, 3.8) is 0 Å². The number of rotatable bonds is 1. The number of allylic oxidation sites excluding steroid dienone is 4. The Morgan fingerprint density at radius 2 is 1.96 bits per heavy atom. The first-order valence-electron chi connectivity index (χ1n) is 9.48. The van der Waals surface area contributed by atoms with E-state index in [2.05, 4.69) is 19.9 Å². The number of hydrogen-bond acceptors (Lipinski definition) is 2. The first kappa shape index (κ1) is 15.6. The van der Waals surface area contributed by atoms with Crippen LogP contribution in [0.4, 0.5) is 0 Å². The summed E-state index contributed by atoms with van der Waals surface area (Å²) in [6, 6.07) is 0. The minimum absolute atomic E-state index is 0.0983. The average Bonchev–Trinajstić information content (AvgIpc) is 2.85. The van der Waals surface area contributed by atoms with Crippen molar-refractivity contribution in [2.45, 2.75) is 65.4 Å². The highest BCUT2D eigenvalue weighted by Crippen LogP contribution is 2.66. The van der Waals surface area contributed by atoms with E-state index in [9.17, 15) is 9.90 Å². The monoisotopic (exact) mass is 314 g/mol. The SMILES string of the molecule is CC(O)[C@H]1CC[C@H]2[C@@H]3CCC4=CC(=O)C=C[C@@]4(C)[C@@H]3CC[C@]12C. The summed E-state index contributed by atoms with van der Waals surface area (Å²) >= 11 is 0. The van der Waals surface area contributed by atoms with Crippen LogP contribution in [-0.4, -0.2) is 17.0 Å². The molecule has 0 bridgehead atoms. The Labute approximate surface area is 140 Å². The van der Waals surface area contributed by atoms with E-state index in [1.54, 1.807) is 6.08 Å². The Balaban J connectivity index is 1.67. The van der Waals surface area contributed by atoms with E-state index in [0.717, 1.165) is 18.3 Å². The van der Waals surface area contributed by atoms with Crippen molar-refractivity contribution in [3.8, 4) is 0 Å². The van der Waals surface area contributed by atoms with Gasteiger partial charge in [0.2, 0.25) is 0 Å². The van der Waals surface area contributed by atoms with Crippen molar-refractivity contribution < 1.29 is 9.90 Å². The lowest BCUT2D eigenvalue weighted by molar-refractivity contribution is -0.111. The Morgan fingerprint density at radius 1 is 1.17 bits per heavy atom. The summed E-state index contributed by atoms with van der Waals surface area (Å²) in [5.74, 6) is 2.84. The maximum absolute atomic E-state index is 11.8. The van der Waals surface area contributed by atoms with Crippen molar-refractivity contribution in [1.82, 2.24) is 0 Å². The van der Waals surface area contributed by atoms with Gasteiger partial charge in [-0.25, -0.2) is 0 Å². The van der Waals surface area contributed by atoms with Crippen molar-refractivity contribution in [1.29, 1.82) is 0 Å². The quantitative estimate of drug-likeness (QED) is 0.784. The van der Waals surface area contributed by atoms with Gasteiger partial charge in [-0.15, -0.1) is 0 Å². The molecule has 0 amide bonds. The summed E-state index contributed by atoms with van der Waals surface area (Å²) in [5.41, 5.74) is 1.79. The van der Waals surface area contributed by atoms with Gasteiger partial charge < -0.3 is 5.11 Å². The molecule has 0 aromatic heterocycles. The predicted molar refractivity (Wildman–Crippen MR) is 91.8 cm³/mol. The van der Waals surface area contributed by atoms with Gasteiger partial charge in [0.25, 0.3) is 0 Å². The smallest absolute Gasteiger partial charge is 0.178 e. The van der Waals surface area contributed by atoms with Gasteiger partial charge in [0.05, 0.1) is 6.10 Å². The molecule has 0 saturated heterocycles. The van der Waals surface area contributed by atoms with Crippen molar-refractivity contribution in [3.05, 3.63) is 23.8 Å². The summed E-state index contributed by atoms with van der Waals surface area (Å²) in [7, 11) is 0. The van der Waals surface area contributed by atoms with E-state index < -0.39 is 0 Å². The summed E-state index contributed by atoms with van der Waals surface area (Å²) in [5, 5.41) is 10.3. The minimum Gasteiger partial charge on any atom is -0.393 e. The molecule has 2 nitrogen and oxygen atoms in total. The molecule has 0 aromatic carbocycles. The molecule has 4 rings (SSSR count). The number of ketones is 1. The van der Waals surface area contributed by atoms with E-state index >= 15 is 0 Å². The number of carbonyl (C=O) groups is 1. The number of aliphatic hydroxyl groups excluding tert-OH is 1. The fraction of sp³-hybridized carbons (Fsp3) is 0.762. The third kappa shape index (κ3) is 2.06. The van der Waals surface area contributed by atoms with Crippen LogP contribution in [0, 0.1) is 34.5 Å². The lowest BCUT2D eigenvalue weighted by Gasteiger charge is -2.57. The number of fused-ring (bicyclic) bond motifs is 5. The number of hydrogen-bond donors (Lipinski definition) is 1. The molecule has 0 heterocycles. The highest BCUT2D eigenvalue weighted by atomic mass is 16.3. The zero-order valence-electron chi connectivity index (χ0n) is 14.7. The Kier molecular flexibility index (Phi) is 3.43. The van der Waals surface area contributed by atoms with E-state index in [1.165, 1.54) is 37.7 Å². The Bertz CT molecular complexity index is 587. The van der Waals surface area contributed by atoms with Crippen LogP contribution in [-0.2, 0) is 4.79 Å². The van der Waals surface area contributed by atoms with Gasteiger partial charge in [0, 0.05) is 5.41 Å². The van der Waals surface area contributed by atoms with Crippen LogP contribution < -0.4 is 0 Å². The fourth-order valence-electron chi connectivity index (χ4n) is 7.03. The first-order chi connectivity index (χ1) is 10.9. The normalized spacial score (nSPS) is 49.9. The number of carbonyl (C=O) groups excluding carboxylic acids is 1. The predicted octanol–water partition coefficient (Wildman–Crippen LogP) is 4.29. The van der Waals surface area contributed by atoms with Crippen LogP contribution in [0.25, 0.3) is 0 Å². The lowest BCUT2D eigenvalue weighted by Crippen LogP contribution is -2.50. The zero-order chi connectivity index (χ0) is 16.4. The third-order valence-corrected chi connectivity index (χ3v) is 8.21. The van der Waals surface area contributed by atoms with Gasteiger partial charge >= 0.3 is 0 Å². The first-order valence-corrected chi connectivity index (χ1v) is 9.48. The molecule has 4 aliphatic rings. The van der Waals surface area contributed by atoms with Crippen LogP contribution in [0.15, 0.2) is 23.8 Å². The molecule has 3 saturated carbocycles. The molecular weight excluding hydrogens is 284 g/mol. The van der Waals surface area contributed by atoms with Gasteiger partial charge in [0.1, 0.15) is 0 Å². The molecule has 23 heavy (non-hydrogen) atoms. The second-order valence-electron chi connectivity index (χ2n) is 9.07. The maximum atomic E-state index is 11.8. The molecule has 126 valence electrons. The molecule has 4 aliphatic carbocycles. The molecule has 1 unspecified atom stereocenters. The van der Waals surface area contributed by atoms with Gasteiger partial charge in [-0.2, -0.15) is 0 Å². The van der Waals surface area contributed by atoms with Gasteiger partial charge in [-0.3, -0.25) is 4.79 Å². The Morgan fingerprint density at radius 3 is 2.70 bits per heavy atom. The highest BCUT2D eigenvalue weighted by molar-refractivity contribution is 6.01. The zero-order valence-corrected chi connectivity index (χ0v) is 14.7. The molecule has 1 N–H and O–H groups in total. The molecule has 7 atom stereocenters. The summed E-state index contributed by atoms with van der Waals surface area (Å²) in [4.78, 5) is 11.8. The second-order valence-corrected chi connectivity index (χ2v) is 9.07. The molecule has 3 fully saturated rings. The molecule has 0 aromatic rings. The average molecular weight is 314 g/mol. The van der Waals surface area contributed by atoms with Crippen LogP contribution in [0.5, 0.6) is 0 Å².